The molecule has 25 heavy (non-hydrogen) atoms. The molecule has 0 fully saturated rings. The number of aromatic nitrogens is 1. The molecule has 0 N–H and O–H groups in total. The summed E-state index contributed by atoms with van der Waals surface area (Å²) in [4.78, 5) is 4.77. The van der Waals surface area contributed by atoms with Crippen LogP contribution in [0.3, 0.4) is 0 Å². The Morgan fingerprint density at radius 1 is 0.920 bits per heavy atom. The molecule has 0 saturated carbocycles. The van der Waals surface area contributed by atoms with Crippen LogP contribution in [0, 0.1) is 6.92 Å². The highest BCUT2D eigenvalue weighted by molar-refractivity contribution is 5.28. The highest BCUT2D eigenvalue weighted by atomic mass is 35.5. The smallest absolute Gasteiger partial charge is 0.140 e. The van der Waals surface area contributed by atoms with E-state index in [-0.39, 0.29) is 12.4 Å². The van der Waals surface area contributed by atoms with Crippen LogP contribution in [0.1, 0.15) is 76.6 Å². The molecular formula is C21H39ClN2O. The first-order valence-electron chi connectivity index (χ1n) is 9.90. The molecule has 0 unspecified atom stereocenters. The summed E-state index contributed by atoms with van der Waals surface area (Å²) >= 11 is 0. The monoisotopic (exact) mass is 370 g/mol. The summed E-state index contributed by atoms with van der Waals surface area (Å²) in [6.07, 6.45) is 10.4. The van der Waals surface area contributed by atoms with E-state index in [1.165, 1.54) is 50.8 Å². The highest BCUT2D eigenvalue weighted by Gasteiger charge is 2.17. The number of hydrogen-bond donors (Lipinski definition) is 0. The van der Waals surface area contributed by atoms with E-state index in [1.807, 2.05) is 0 Å². The van der Waals surface area contributed by atoms with Gasteiger partial charge in [0.2, 0.25) is 0 Å². The first-order chi connectivity index (χ1) is 11.5. The van der Waals surface area contributed by atoms with Gasteiger partial charge in [-0.2, -0.15) is 0 Å². The molecule has 0 aromatic carbocycles. The van der Waals surface area contributed by atoms with E-state index < -0.39 is 0 Å². The van der Waals surface area contributed by atoms with Gasteiger partial charge in [-0.15, -0.1) is 0 Å². The van der Waals surface area contributed by atoms with Crippen LogP contribution >= 0.6 is 0 Å². The Morgan fingerprint density at radius 3 is 2.20 bits per heavy atom. The predicted molar refractivity (Wildman–Crippen MR) is 103 cm³/mol. The van der Waals surface area contributed by atoms with Crippen molar-refractivity contribution in [2.75, 3.05) is 27.2 Å². The van der Waals surface area contributed by atoms with Crippen molar-refractivity contribution in [1.29, 1.82) is 0 Å². The first-order valence-corrected chi connectivity index (χ1v) is 9.90. The number of rotatable bonds is 13. The van der Waals surface area contributed by atoms with E-state index in [0.717, 1.165) is 41.9 Å². The number of hydrogen-bond acceptors (Lipinski definition) is 2. The first kappa shape index (κ1) is 24.2. The fourth-order valence-electron chi connectivity index (χ4n) is 3.01. The van der Waals surface area contributed by atoms with E-state index >= 15 is 0 Å². The number of aryl methyl sites for hydroxylation is 1. The highest BCUT2D eigenvalue weighted by Crippen LogP contribution is 2.19. The van der Waals surface area contributed by atoms with Gasteiger partial charge in [-0.3, -0.25) is 0 Å². The maximum Gasteiger partial charge on any atom is 0.140 e. The van der Waals surface area contributed by atoms with E-state index in [9.17, 15) is 0 Å². The molecule has 1 heterocycles. The van der Waals surface area contributed by atoms with Crippen molar-refractivity contribution < 1.29 is 21.6 Å². The largest absolute Gasteiger partial charge is 1.00 e. The van der Waals surface area contributed by atoms with Gasteiger partial charge in [-0.1, -0.05) is 46.0 Å². The number of ether oxygens (including phenoxy) is 1. The van der Waals surface area contributed by atoms with E-state index in [2.05, 4.69) is 47.0 Å². The number of nitrogens with zero attached hydrogens (tertiary/aromatic N) is 2. The van der Waals surface area contributed by atoms with Gasteiger partial charge in [0.05, 0.1) is 38.6 Å². The third-order valence-corrected chi connectivity index (χ3v) is 4.56. The Hall–Kier alpha value is -0.800. The van der Waals surface area contributed by atoms with Crippen molar-refractivity contribution in [3.63, 3.8) is 0 Å². The second-order valence-electron chi connectivity index (χ2n) is 7.67. The van der Waals surface area contributed by atoms with Crippen LogP contribution in [0.2, 0.25) is 0 Å². The summed E-state index contributed by atoms with van der Waals surface area (Å²) in [5.74, 6) is 0.938. The maximum atomic E-state index is 5.81. The summed E-state index contributed by atoms with van der Waals surface area (Å²) in [7, 11) is 4.63. The summed E-state index contributed by atoms with van der Waals surface area (Å²) in [5, 5.41) is 0. The van der Waals surface area contributed by atoms with Crippen molar-refractivity contribution >= 4 is 0 Å². The lowest BCUT2D eigenvalue weighted by Gasteiger charge is -2.29. The number of unbranched alkanes of at least 4 members (excludes halogenated alkanes) is 6. The molecule has 0 saturated heterocycles. The standard InChI is InChI=1S/C21H39N2O.ClH/c1-6-8-10-11-12-13-16-23(4,5)18-20-14-15-21(19(3)22-20)24-17-9-7-2;/h14-15H,6-13,16-18H2,1-5H3;1H/q+1;/p-1. The van der Waals surface area contributed by atoms with Crippen molar-refractivity contribution in [2.45, 2.75) is 78.7 Å². The van der Waals surface area contributed by atoms with Crippen molar-refractivity contribution in [2.24, 2.45) is 0 Å². The van der Waals surface area contributed by atoms with Gasteiger partial charge < -0.3 is 21.6 Å². The molecule has 3 nitrogen and oxygen atoms in total. The SMILES string of the molecule is CCCCCCCC[N+](C)(C)Cc1ccc(OCCCC)c(C)n1.[Cl-]. The predicted octanol–water partition coefficient (Wildman–Crippen LogP) is 2.51. The lowest BCUT2D eigenvalue weighted by Crippen LogP contribution is -3.00. The van der Waals surface area contributed by atoms with Crippen LogP contribution in [0.15, 0.2) is 12.1 Å². The average Bonchev–Trinajstić information content (AvgIpc) is 2.52. The third kappa shape index (κ3) is 10.7. The second kappa shape index (κ2) is 13.4. The molecule has 1 aromatic heterocycles. The van der Waals surface area contributed by atoms with Gasteiger partial charge in [-0.25, -0.2) is 4.98 Å². The van der Waals surface area contributed by atoms with Gasteiger partial charge in [0.25, 0.3) is 0 Å². The van der Waals surface area contributed by atoms with Gasteiger partial charge in [0.1, 0.15) is 12.3 Å². The topological polar surface area (TPSA) is 22.1 Å². The Balaban J connectivity index is 0.00000576. The quantitative estimate of drug-likeness (QED) is 0.393. The van der Waals surface area contributed by atoms with Crippen LogP contribution in [0.5, 0.6) is 5.75 Å². The Labute approximate surface area is 162 Å². The van der Waals surface area contributed by atoms with Crippen LogP contribution in [0.4, 0.5) is 0 Å². The van der Waals surface area contributed by atoms with Crippen molar-refractivity contribution in [3.8, 4) is 5.75 Å². The zero-order valence-electron chi connectivity index (χ0n) is 17.1. The molecule has 0 radical (unpaired) electrons. The molecule has 0 atom stereocenters. The van der Waals surface area contributed by atoms with E-state index in [0.29, 0.717) is 0 Å². The fourth-order valence-corrected chi connectivity index (χ4v) is 3.01. The minimum Gasteiger partial charge on any atom is -1.00 e. The van der Waals surface area contributed by atoms with E-state index in [4.69, 9.17) is 9.72 Å². The zero-order chi connectivity index (χ0) is 17.8. The second-order valence-corrected chi connectivity index (χ2v) is 7.67. The molecule has 0 aliphatic rings. The van der Waals surface area contributed by atoms with Gasteiger partial charge >= 0.3 is 0 Å². The van der Waals surface area contributed by atoms with E-state index in [1.54, 1.807) is 0 Å². The zero-order valence-corrected chi connectivity index (χ0v) is 17.9. The Kier molecular flexibility index (Phi) is 13.0. The normalized spacial score (nSPS) is 11.2. The molecule has 146 valence electrons. The molecular weight excluding hydrogens is 332 g/mol. The van der Waals surface area contributed by atoms with Gasteiger partial charge in [-0.05, 0) is 38.3 Å². The lowest BCUT2D eigenvalue weighted by molar-refractivity contribution is -0.904. The van der Waals surface area contributed by atoms with Gasteiger partial charge in [0.15, 0.2) is 0 Å². The number of quaternary nitrogens is 1. The molecule has 0 aliphatic heterocycles. The summed E-state index contributed by atoms with van der Waals surface area (Å²) in [6, 6.07) is 4.23. The Morgan fingerprint density at radius 2 is 1.56 bits per heavy atom. The molecule has 0 amide bonds. The van der Waals surface area contributed by atoms with Crippen LogP contribution in [-0.2, 0) is 6.54 Å². The molecule has 0 bridgehead atoms. The maximum absolute atomic E-state index is 5.81. The minimum absolute atomic E-state index is 0. The van der Waals surface area contributed by atoms with Crippen LogP contribution in [-0.4, -0.2) is 36.7 Å². The third-order valence-electron chi connectivity index (χ3n) is 4.56. The van der Waals surface area contributed by atoms with Crippen molar-refractivity contribution in [3.05, 3.63) is 23.5 Å². The molecule has 0 aliphatic carbocycles. The van der Waals surface area contributed by atoms with Crippen LogP contribution in [0.25, 0.3) is 0 Å². The molecule has 1 aromatic rings. The van der Waals surface area contributed by atoms with Gasteiger partial charge in [0, 0.05) is 0 Å². The number of pyridine rings is 1. The Bertz CT molecular complexity index is 463. The minimum atomic E-state index is 0. The molecule has 0 spiro atoms. The summed E-state index contributed by atoms with van der Waals surface area (Å²) in [6.45, 7) is 9.51. The van der Waals surface area contributed by atoms with Crippen molar-refractivity contribution in [1.82, 2.24) is 4.98 Å². The average molecular weight is 371 g/mol. The summed E-state index contributed by atoms with van der Waals surface area (Å²) < 4.78 is 6.82. The number of halogens is 1. The molecule has 1 rings (SSSR count). The lowest BCUT2D eigenvalue weighted by atomic mass is 10.1. The van der Waals surface area contributed by atoms with Crippen LogP contribution < -0.4 is 17.1 Å². The molecule has 4 heteroatoms. The summed E-state index contributed by atoms with van der Waals surface area (Å²) in [5.41, 5.74) is 2.19. The fraction of sp³-hybridized carbons (Fsp3) is 0.762.